The Bertz CT molecular complexity index is 788. The number of carboxylic acid groups (broad SMARTS) is 1. The first-order valence-electron chi connectivity index (χ1n) is 9.78. The van der Waals surface area contributed by atoms with Gasteiger partial charge < -0.3 is 20.8 Å². The molecule has 0 saturated heterocycles. The van der Waals surface area contributed by atoms with E-state index < -0.39 is 24.0 Å². The second kappa shape index (κ2) is 10.5. The highest BCUT2D eigenvalue weighted by atomic mass is 16.4. The molecular weight excluding hydrogens is 372 g/mol. The zero-order valence-electron chi connectivity index (χ0n) is 16.7. The lowest BCUT2D eigenvalue weighted by molar-refractivity contribution is -0.142. The summed E-state index contributed by atoms with van der Waals surface area (Å²) in [5, 5.41) is 24.3. The van der Waals surface area contributed by atoms with E-state index in [-0.39, 0.29) is 29.9 Å². The number of allylic oxidation sites excluding steroid dienone is 3. The largest absolute Gasteiger partial charge is 0.508 e. The molecule has 4 atom stereocenters. The van der Waals surface area contributed by atoms with E-state index in [1.165, 1.54) is 6.08 Å². The van der Waals surface area contributed by atoms with Crippen molar-refractivity contribution in [3.63, 3.8) is 0 Å². The number of benzene rings is 1. The summed E-state index contributed by atoms with van der Waals surface area (Å²) < 4.78 is 0. The molecule has 1 unspecified atom stereocenters. The molecule has 0 fully saturated rings. The van der Waals surface area contributed by atoms with Crippen molar-refractivity contribution in [2.75, 3.05) is 0 Å². The molecule has 0 heterocycles. The lowest BCUT2D eigenvalue weighted by Gasteiger charge is -2.26. The number of aliphatic hydroxyl groups excluding tert-OH is 1. The Morgan fingerprint density at radius 1 is 1.17 bits per heavy atom. The standard InChI is InChI=1S/C22H28N2O5/c1-3-14(2)19(24-20(26)16-7-5-4-6-8-16)21(27)23-18(22(28)29)13-15-9-11-17(25)12-10-15/h4-9,11-12,14-15,18-19,25H,3,10,13H2,1-2H3,(H,23,27)(H,24,26)(H,28,29)/t14-,15?,18-,19-/m0/s1. The quantitative estimate of drug-likeness (QED) is 0.509. The van der Waals surface area contributed by atoms with E-state index in [9.17, 15) is 24.6 Å². The molecule has 0 spiro atoms. The second-order valence-electron chi connectivity index (χ2n) is 7.32. The Hall–Kier alpha value is -3.09. The summed E-state index contributed by atoms with van der Waals surface area (Å²) in [6, 6.07) is 6.63. The van der Waals surface area contributed by atoms with Crippen molar-refractivity contribution in [2.24, 2.45) is 11.8 Å². The first-order valence-corrected chi connectivity index (χ1v) is 9.78. The maximum atomic E-state index is 12.9. The molecule has 7 heteroatoms. The van der Waals surface area contributed by atoms with Crippen LogP contribution in [-0.2, 0) is 9.59 Å². The van der Waals surface area contributed by atoms with E-state index in [2.05, 4.69) is 10.6 Å². The molecule has 0 aromatic heterocycles. The number of hydrogen-bond acceptors (Lipinski definition) is 4. The number of rotatable bonds is 9. The van der Waals surface area contributed by atoms with Crippen molar-refractivity contribution in [3.05, 3.63) is 59.9 Å². The van der Waals surface area contributed by atoms with Crippen LogP contribution >= 0.6 is 0 Å². The summed E-state index contributed by atoms with van der Waals surface area (Å²) in [6.45, 7) is 3.74. The highest BCUT2D eigenvalue weighted by Gasteiger charge is 2.31. The minimum atomic E-state index is -1.14. The van der Waals surface area contributed by atoms with Crippen LogP contribution in [-0.4, -0.2) is 40.1 Å². The van der Waals surface area contributed by atoms with Gasteiger partial charge in [0.2, 0.25) is 5.91 Å². The van der Waals surface area contributed by atoms with Crippen LogP contribution in [0.4, 0.5) is 0 Å². The number of amides is 2. The van der Waals surface area contributed by atoms with Crippen LogP contribution in [0.15, 0.2) is 54.3 Å². The third kappa shape index (κ3) is 6.48. The molecule has 7 nitrogen and oxygen atoms in total. The molecule has 0 saturated carbocycles. The van der Waals surface area contributed by atoms with Crippen molar-refractivity contribution < 1.29 is 24.6 Å². The van der Waals surface area contributed by atoms with Gasteiger partial charge in [0.05, 0.1) is 0 Å². The Morgan fingerprint density at radius 2 is 1.86 bits per heavy atom. The van der Waals surface area contributed by atoms with E-state index in [0.29, 0.717) is 18.4 Å². The normalized spacial score (nSPS) is 18.8. The van der Waals surface area contributed by atoms with Gasteiger partial charge in [-0.05, 0) is 49.0 Å². The average Bonchev–Trinajstić information content (AvgIpc) is 2.72. The van der Waals surface area contributed by atoms with Crippen LogP contribution in [0.5, 0.6) is 0 Å². The van der Waals surface area contributed by atoms with Crippen LogP contribution < -0.4 is 10.6 Å². The summed E-state index contributed by atoms with van der Waals surface area (Å²) >= 11 is 0. The van der Waals surface area contributed by atoms with Crippen molar-refractivity contribution >= 4 is 17.8 Å². The van der Waals surface area contributed by atoms with Crippen molar-refractivity contribution in [1.82, 2.24) is 10.6 Å². The first kappa shape index (κ1) is 22.2. The number of carbonyl (C=O) groups is 3. The molecule has 1 aromatic rings. The minimum absolute atomic E-state index is 0.103. The van der Waals surface area contributed by atoms with Crippen molar-refractivity contribution in [1.29, 1.82) is 0 Å². The molecule has 29 heavy (non-hydrogen) atoms. The predicted molar refractivity (Wildman–Crippen MR) is 109 cm³/mol. The molecule has 156 valence electrons. The second-order valence-corrected chi connectivity index (χ2v) is 7.32. The third-order valence-corrected chi connectivity index (χ3v) is 5.14. The molecule has 1 aromatic carbocycles. The van der Waals surface area contributed by atoms with Gasteiger partial charge in [-0.3, -0.25) is 9.59 Å². The van der Waals surface area contributed by atoms with Crippen LogP contribution in [0, 0.1) is 11.8 Å². The van der Waals surface area contributed by atoms with Gasteiger partial charge in [0, 0.05) is 5.56 Å². The number of aliphatic hydroxyl groups is 1. The van der Waals surface area contributed by atoms with E-state index >= 15 is 0 Å². The number of carbonyl (C=O) groups excluding carboxylic acids is 2. The smallest absolute Gasteiger partial charge is 0.326 e. The fraction of sp³-hybridized carbons (Fsp3) is 0.409. The minimum Gasteiger partial charge on any atom is -0.508 e. The summed E-state index contributed by atoms with van der Waals surface area (Å²) in [5.74, 6) is -2.16. The van der Waals surface area contributed by atoms with Gasteiger partial charge in [-0.2, -0.15) is 0 Å². The van der Waals surface area contributed by atoms with Crippen molar-refractivity contribution in [2.45, 2.75) is 45.2 Å². The maximum absolute atomic E-state index is 12.9. The van der Waals surface area contributed by atoms with Gasteiger partial charge in [-0.15, -0.1) is 0 Å². The lowest BCUT2D eigenvalue weighted by Crippen LogP contribution is -2.54. The summed E-state index contributed by atoms with van der Waals surface area (Å²) in [6.07, 6.45) is 6.22. The summed E-state index contributed by atoms with van der Waals surface area (Å²) in [5.41, 5.74) is 0.433. The Morgan fingerprint density at radius 3 is 2.41 bits per heavy atom. The molecule has 0 bridgehead atoms. The van der Waals surface area contributed by atoms with Gasteiger partial charge in [-0.25, -0.2) is 4.79 Å². The van der Waals surface area contributed by atoms with E-state index in [0.717, 1.165) is 0 Å². The number of aliphatic carboxylic acids is 1. The Labute approximate surface area is 170 Å². The van der Waals surface area contributed by atoms with E-state index in [1.54, 1.807) is 42.5 Å². The lowest BCUT2D eigenvalue weighted by atomic mass is 9.92. The molecule has 2 rings (SSSR count). The van der Waals surface area contributed by atoms with Crippen LogP contribution in [0.2, 0.25) is 0 Å². The van der Waals surface area contributed by atoms with Crippen LogP contribution in [0.25, 0.3) is 0 Å². The summed E-state index contributed by atoms with van der Waals surface area (Å²) in [7, 11) is 0. The third-order valence-electron chi connectivity index (χ3n) is 5.14. The summed E-state index contributed by atoms with van der Waals surface area (Å²) in [4.78, 5) is 37.0. The fourth-order valence-corrected chi connectivity index (χ4v) is 3.13. The highest BCUT2D eigenvalue weighted by Crippen LogP contribution is 2.20. The number of carboxylic acids is 1. The van der Waals surface area contributed by atoms with Gasteiger partial charge in [-0.1, -0.05) is 44.5 Å². The molecule has 4 N–H and O–H groups in total. The van der Waals surface area contributed by atoms with Gasteiger partial charge in [0.1, 0.15) is 17.8 Å². The van der Waals surface area contributed by atoms with Gasteiger partial charge >= 0.3 is 5.97 Å². The zero-order valence-corrected chi connectivity index (χ0v) is 16.7. The molecule has 0 radical (unpaired) electrons. The Kier molecular flexibility index (Phi) is 8.00. The Balaban J connectivity index is 2.07. The monoisotopic (exact) mass is 400 g/mol. The van der Waals surface area contributed by atoms with E-state index in [4.69, 9.17) is 0 Å². The average molecular weight is 400 g/mol. The maximum Gasteiger partial charge on any atom is 0.326 e. The molecule has 1 aliphatic rings. The first-order chi connectivity index (χ1) is 13.8. The predicted octanol–water partition coefficient (Wildman–Crippen LogP) is 2.81. The van der Waals surface area contributed by atoms with Crippen molar-refractivity contribution in [3.8, 4) is 0 Å². The highest BCUT2D eigenvalue weighted by molar-refractivity contribution is 5.98. The topological polar surface area (TPSA) is 116 Å². The number of nitrogens with one attached hydrogen (secondary N) is 2. The zero-order chi connectivity index (χ0) is 21.4. The van der Waals surface area contributed by atoms with Crippen LogP contribution in [0.1, 0.15) is 43.5 Å². The number of hydrogen-bond donors (Lipinski definition) is 4. The van der Waals surface area contributed by atoms with E-state index in [1.807, 2.05) is 13.8 Å². The molecule has 1 aliphatic carbocycles. The van der Waals surface area contributed by atoms with Crippen LogP contribution in [0.3, 0.4) is 0 Å². The molecule has 2 amide bonds. The van der Waals surface area contributed by atoms with Gasteiger partial charge in [0.15, 0.2) is 0 Å². The van der Waals surface area contributed by atoms with Gasteiger partial charge in [0.25, 0.3) is 5.91 Å². The fourth-order valence-electron chi connectivity index (χ4n) is 3.13. The molecular formula is C22H28N2O5. The molecule has 0 aliphatic heterocycles. The SMILES string of the molecule is CC[C@H](C)[C@H](NC(=O)c1ccccc1)C(=O)N[C@@H](CC1C=CC(O)=CC1)C(=O)O.